The van der Waals surface area contributed by atoms with Gasteiger partial charge in [0.15, 0.2) is 0 Å². The minimum Gasteiger partial charge on any atom is -0.496 e. The van der Waals surface area contributed by atoms with E-state index in [4.69, 9.17) is 4.74 Å². The van der Waals surface area contributed by atoms with Crippen molar-refractivity contribution >= 4 is 0 Å². The predicted octanol–water partition coefficient (Wildman–Crippen LogP) is 2.28. The molecule has 0 spiro atoms. The molecule has 112 valence electrons. The summed E-state index contributed by atoms with van der Waals surface area (Å²) in [4.78, 5) is 4.13. The van der Waals surface area contributed by atoms with Crippen LogP contribution in [0.15, 0.2) is 30.6 Å². The molecular formula is C16H22N4O. The van der Waals surface area contributed by atoms with E-state index in [0.29, 0.717) is 12.0 Å². The molecule has 0 aliphatic heterocycles. The summed E-state index contributed by atoms with van der Waals surface area (Å²) in [5, 5.41) is 10.4. The molecule has 0 amide bonds. The number of H-pyrrole nitrogens is 1. The number of aryl methyl sites for hydroxylation is 1. The quantitative estimate of drug-likeness (QED) is 0.767. The Bertz CT molecular complexity index is 549. The van der Waals surface area contributed by atoms with Crippen LogP contribution in [0.1, 0.15) is 36.6 Å². The van der Waals surface area contributed by atoms with Gasteiger partial charge in [-0.3, -0.25) is 5.10 Å². The highest BCUT2D eigenvalue weighted by Crippen LogP contribution is 2.40. The molecule has 1 aliphatic carbocycles. The summed E-state index contributed by atoms with van der Waals surface area (Å²) in [5.74, 6) is 2.62. The van der Waals surface area contributed by atoms with Crippen LogP contribution in [-0.2, 0) is 6.42 Å². The summed E-state index contributed by atoms with van der Waals surface area (Å²) >= 11 is 0. The predicted molar refractivity (Wildman–Crippen MR) is 81.5 cm³/mol. The van der Waals surface area contributed by atoms with Gasteiger partial charge in [-0.2, -0.15) is 5.10 Å². The molecule has 1 aromatic carbocycles. The summed E-state index contributed by atoms with van der Waals surface area (Å²) in [6.07, 6.45) is 6.00. The third kappa shape index (κ3) is 3.42. The molecule has 1 fully saturated rings. The highest BCUT2D eigenvalue weighted by atomic mass is 16.5. The van der Waals surface area contributed by atoms with Gasteiger partial charge in [-0.05, 0) is 43.4 Å². The van der Waals surface area contributed by atoms with E-state index in [9.17, 15) is 0 Å². The fourth-order valence-corrected chi connectivity index (χ4v) is 2.96. The number of ether oxygens (including phenoxy) is 1. The fraction of sp³-hybridized carbons (Fsp3) is 0.500. The second-order valence-electron chi connectivity index (χ2n) is 5.60. The molecule has 21 heavy (non-hydrogen) atoms. The number of nitrogens with zero attached hydrogens (tertiary/aromatic N) is 2. The monoisotopic (exact) mass is 286 g/mol. The van der Waals surface area contributed by atoms with Gasteiger partial charge < -0.3 is 10.1 Å². The van der Waals surface area contributed by atoms with Gasteiger partial charge in [0.2, 0.25) is 0 Å². The van der Waals surface area contributed by atoms with Gasteiger partial charge >= 0.3 is 0 Å². The third-order valence-corrected chi connectivity index (χ3v) is 4.21. The molecule has 0 saturated heterocycles. The molecule has 1 saturated carbocycles. The van der Waals surface area contributed by atoms with E-state index in [-0.39, 0.29) is 0 Å². The first-order valence-electron chi connectivity index (χ1n) is 7.57. The third-order valence-electron chi connectivity index (χ3n) is 4.21. The summed E-state index contributed by atoms with van der Waals surface area (Å²) < 4.78 is 5.44. The molecule has 0 bridgehead atoms. The molecule has 5 nitrogen and oxygen atoms in total. The Labute approximate surface area is 125 Å². The minimum atomic E-state index is 0.632. The zero-order valence-electron chi connectivity index (χ0n) is 12.4. The normalized spacial score (nSPS) is 21.0. The van der Waals surface area contributed by atoms with E-state index >= 15 is 0 Å². The zero-order valence-corrected chi connectivity index (χ0v) is 12.4. The number of nitrogens with one attached hydrogen (secondary N) is 2. The van der Waals surface area contributed by atoms with E-state index in [0.717, 1.165) is 31.0 Å². The molecule has 3 rings (SSSR count). The van der Waals surface area contributed by atoms with Crippen LogP contribution >= 0.6 is 0 Å². The summed E-state index contributed by atoms with van der Waals surface area (Å²) in [7, 11) is 1.75. The van der Waals surface area contributed by atoms with Gasteiger partial charge in [-0.15, -0.1) is 0 Å². The minimum absolute atomic E-state index is 0.632. The number of rotatable bonds is 7. The zero-order chi connectivity index (χ0) is 14.5. The summed E-state index contributed by atoms with van der Waals surface area (Å²) in [6, 6.07) is 8.99. The molecule has 5 heteroatoms. The smallest absolute Gasteiger partial charge is 0.137 e. The number of hydrogen-bond acceptors (Lipinski definition) is 4. The molecule has 0 unspecified atom stereocenters. The Morgan fingerprint density at radius 1 is 1.33 bits per heavy atom. The maximum absolute atomic E-state index is 5.44. The average Bonchev–Trinajstić information content (AvgIpc) is 2.98. The summed E-state index contributed by atoms with van der Waals surface area (Å²) in [6.45, 7) is 1.03. The van der Waals surface area contributed by atoms with Crippen LogP contribution in [0.25, 0.3) is 0 Å². The highest BCUT2D eigenvalue weighted by molar-refractivity contribution is 5.37. The lowest BCUT2D eigenvalue weighted by Crippen LogP contribution is -2.40. The molecule has 1 aromatic heterocycles. The lowest BCUT2D eigenvalue weighted by atomic mass is 9.75. The lowest BCUT2D eigenvalue weighted by Gasteiger charge is -2.37. The van der Waals surface area contributed by atoms with Crippen LogP contribution in [0.2, 0.25) is 0 Å². The van der Waals surface area contributed by atoms with Crippen molar-refractivity contribution in [1.82, 2.24) is 20.5 Å². The Morgan fingerprint density at radius 3 is 2.95 bits per heavy atom. The number of hydrogen-bond donors (Lipinski definition) is 2. The molecule has 0 atom stereocenters. The van der Waals surface area contributed by atoms with E-state index in [2.05, 4.69) is 32.6 Å². The van der Waals surface area contributed by atoms with Crippen molar-refractivity contribution in [3.8, 4) is 5.75 Å². The van der Waals surface area contributed by atoms with Gasteiger partial charge in [-0.25, -0.2) is 4.98 Å². The molecular weight excluding hydrogens is 264 g/mol. The van der Waals surface area contributed by atoms with Crippen LogP contribution in [-0.4, -0.2) is 34.9 Å². The SMILES string of the molecule is COc1ccccc1C1CC(NCCCc2ncn[nH]2)C1. The van der Waals surface area contributed by atoms with E-state index in [1.54, 1.807) is 13.4 Å². The van der Waals surface area contributed by atoms with Gasteiger partial charge in [0.25, 0.3) is 0 Å². The molecule has 2 aromatic rings. The number of methoxy groups -OCH3 is 1. The highest BCUT2D eigenvalue weighted by Gasteiger charge is 2.31. The first-order chi connectivity index (χ1) is 10.4. The first kappa shape index (κ1) is 14.1. The molecule has 1 aliphatic rings. The maximum Gasteiger partial charge on any atom is 0.137 e. The fourth-order valence-electron chi connectivity index (χ4n) is 2.96. The van der Waals surface area contributed by atoms with Crippen LogP contribution < -0.4 is 10.1 Å². The Morgan fingerprint density at radius 2 is 2.19 bits per heavy atom. The number of aromatic amines is 1. The van der Waals surface area contributed by atoms with Crippen molar-refractivity contribution in [2.75, 3.05) is 13.7 Å². The van der Waals surface area contributed by atoms with Crippen LogP contribution in [0.3, 0.4) is 0 Å². The molecule has 1 heterocycles. The largest absolute Gasteiger partial charge is 0.496 e. The topological polar surface area (TPSA) is 62.8 Å². The first-order valence-corrected chi connectivity index (χ1v) is 7.57. The second kappa shape index (κ2) is 6.72. The van der Waals surface area contributed by atoms with Crippen molar-refractivity contribution in [3.05, 3.63) is 42.0 Å². The Hall–Kier alpha value is -1.88. The average molecular weight is 286 g/mol. The van der Waals surface area contributed by atoms with E-state index in [1.807, 2.05) is 12.1 Å². The van der Waals surface area contributed by atoms with Crippen molar-refractivity contribution in [2.45, 2.75) is 37.6 Å². The maximum atomic E-state index is 5.44. The van der Waals surface area contributed by atoms with Crippen LogP contribution in [0.5, 0.6) is 5.75 Å². The number of para-hydroxylation sites is 1. The van der Waals surface area contributed by atoms with E-state index in [1.165, 1.54) is 18.4 Å². The van der Waals surface area contributed by atoms with Gasteiger partial charge in [-0.1, -0.05) is 18.2 Å². The summed E-state index contributed by atoms with van der Waals surface area (Å²) in [5.41, 5.74) is 1.35. The van der Waals surface area contributed by atoms with Crippen molar-refractivity contribution < 1.29 is 4.74 Å². The van der Waals surface area contributed by atoms with Crippen molar-refractivity contribution in [3.63, 3.8) is 0 Å². The second-order valence-corrected chi connectivity index (χ2v) is 5.60. The Kier molecular flexibility index (Phi) is 4.50. The van der Waals surface area contributed by atoms with Crippen molar-refractivity contribution in [2.24, 2.45) is 0 Å². The van der Waals surface area contributed by atoms with E-state index < -0.39 is 0 Å². The van der Waals surface area contributed by atoms with Gasteiger partial charge in [0, 0.05) is 12.5 Å². The molecule has 2 N–H and O–H groups in total. The van der Waals surface area contributed by atoms with Gasteiger partial charge in [0.05, 0.1) is 7.11 Å². The van der Waals surface area contributed by atoms with Gasteiger partial charge in [0.1, 0.15) is 17.9 Å². The molecule has 0 radical (unpaired) electrons. The number of benzene rings is 1. The lowest BCUT2D eigenvalue weighted by molar-refractivity contribution is 0.283. The number of aromatic nitrogens is 3. The van der Waals surface area contributed by atoms with Crippen LogP contribution in [0.4, 0.5) is 0 Å². The standard InChI is InChI=1S/C16H22N4O/c1-21-15-6-3-2-5-14(15)12-9-13(10-12)17-8-4-7-16-18-11-19-20-16/h2-3,5-6,11-13,17H,4,7-10H2,1H3,(H,18,19,20). The Balaban J connectivity index is 1.38. The van der Waals surface area contributed by atoms with Crippen molar-refractivity contribution in [1.29, 1.82) is 0 Å². The van der Waals surface area contributed by atoms with Crippen LogP contribution in [0, 0.1) is 0 Å².